The smallest absolute Gasteiger partial charge is 0.450 e. The normalized spacial score (nSPS) is 9.78. The van der Waals surface area contributed by atoms with Gasteiger partial charge in [-0.25, -0.2) is 14.8 Å². The summed E-state index contributed by atoms with van der Waals surface area (Å²) in [4.78, 5) is 17.6. The quantitative estimate of drug-likeness (QED) is 0.592. The molecule has 0 unspecified atom stereocenters. The van der Waals surface area contributed by atoms with Crippen LogP contribution in [0.15, 0.2) is 48.5 Å². The molecule has 0 aliphatic carbocycles. The summed E-state index contributed by atoms with van der Waals surface area (Å²) >= 11 is 0. The van der Waals surface area contributed by atoms with Crippen LogP contribution in [-0.4, -0.2) is 26.3 Å². The maximum atomic E-state index is 8.56. The van der Waals surface area contributed by atoms with E-state index in [9.17, 15) is 0 Å². The topological polar surface area (TPSA) is 83.3 Å². The Balaban J connectivity index is 0.000000267. The molecule has 0 aliphatic heterocycles. The molecule has 3 aromatic rings. The number of hydrogen-bond acceptors (Lipinski definition) is 3. The first kappa shape index (κ1) is 11.8. The Morgan fingerprint density at radius 3 is 1.17 bits per heavy atom. The first-order chi connectivity index (χ1) is 8.66. The second-order valence-corrected chi connectivity index (χ2v) is 3.48. The highest BCUT2D eigenvalue weighted by atomic mass is 16.6. The lowest BCUT2D eigenvalue weighted by Crippen LogP contribution is -1.85. The van der Waals surface area contributed by atoms with E-state index < -0.39 is 6.16 Å². The number of nitrogens with zero attached hydrogens (tertiary/aromatic N) is 2. The van der Waals surface area contributed by atoms with Crippen LogP contribution in [0, 0.1) is 0 Å². The molecule has 0 amide bonds. The van der Waals surface area contributed by atoms with Crippen molar-refractivity contribution in [1.82, 2.24) is 9.97 Å². The number of carbonyl (C=O) groups is 1. The van der Waals surface area contributed by atoms with Gasteiger partial charge in [-0.1, -0.05) is 24.3 Å². The molecule has 0 saturated heterocycles. The second kappa shape index (κ2) is 5.09. The number of rotatable bonds is 0. The van der Waals surface area contributed by atoms with Gasteiger partial charge in [-0.15, -0.1) is 0 Å². The highest BCUT2D eigenvalue weighted by Crippen LogP contribution is 2.14. The fraction of sp³-hybridized carbons (Fsp3) is 0. The molecule has 0 aliphatic rings. The number of aromatic nitrogens is 2. The van der Waals surface area contributed by atoms with E-state index in [1.165, 1.54) is 0 Å². The maximum Gasteiger partial charge on any atom is 0.503 e. The molecule has 0 fully saturated rings. The van der Waals surface area contributed by atoms with E-state index in [2.05, 4.69) is 9.97 Å². The lowest BCUT2D eigenvalue weighted by molar-refractivity contribution is 0.137. The van der Waals surface area contributed by atoms with Crippen LogP contribution in [0.1, 0.15) is 0 Å². The predicted molar refractivity (Wildman–Crippen MR) is 67.7 cm³/mol. The minimum absolute atomic E-state index is 0.950. The van der Waals surface area contributed by atoms with E-state index in [1.807, 2.05) is 48.5 Å². The maximum absolute atomic E-state index is 8.56. The molecule has 2 aromatic carbocycles. The first-order valence-electron chi connectivity index (χ1n) is 5.20. The number of benzene rings is 2. The molecule has 90 valence electrons. The zero-order valence-corrected chi connectivity index (χ0v) is 9.32. The third-order valence-electron chi connectivity index (χ3n) is 2.25. The van der Waals surface area contributed by atoms with Crippen LogP contribution in [0.5, 0.6) is 0 Å². The van der Waals surface area contributed by atoms with Gasteiger partial charge in [0.1, 0.15) is 0 Å². The van der Waals surface area contributed by atoms with Crippen molar-refractivity contribution in [3.63, 3.8) is 0 Å². The molecular formula is C13H10N2O3. The van der Waals surface area contributed by atoms with Crippen molar-refractivity contribution in [2.75, 3.05) is 0 Å². The Morgan fingerprint density at radius 1 is 0.722 bits per heavy atom. The zero-order valence-electron chi connectivity index (χ0n) is 9.32. The van der Waals surface area contributed by atoms with Gasteiger partial charge in [0, 0.05) is 0 Å². The van der Waals surface area contributed by atoms with Crippen molar-refractivity contribution in [3.8, 4) is 0 Å². The molecule has 2 N–H and O–H groups in total. The van der Waals surface area contributed by atoms with Gasteiger partial charge < -0.3 is 10.2 Å². The lowest BCUT2D eigenvalue weighted by atomic mass is 10.2. The molecule has 1 heterocycles. The summed E-state index contributed by atoms with van der Waals surface area (Å²) < 4.78 is 0. The minimum atomic E-state index is -1.83. The molecule has 1 aromatic heterocycles. The highest BCUT2D eigenvalue weighted by Gasteiger charge is 1.98. The Bertz CT molecular complexity index is 589. The molecule has 0 bridgehead atoms. The summed E-state index contributed by atoms with van der Waals surface area (Å²) in [7, 11) is 0. The van der Waals surface area contributed by atoms with Gasteiger partial charge in [0.25, 0.3) is 0 Å². The van der Waals surface area contributed by atoms with E-state index in [0.29, 0.717) is 0 Å². The Morgan fingerprint density at radius 2 is 0.944 bits per heavy atom. The molecule has 0 saturated carbocycles. The average Bonchev–Trinajstić information content (AvgIpc) is 2.35. The van der Waals surface area contributed by atoms with E-state index in [4.69, 9.17) is 15.0 Å². The monoisotopic (exact) mass is 242 g/mol. The number of fused-ring (bicyclic) bond motifs is 2. The summed E-state index contributed by atoms with van der Waals surface area (Å²) in [6, 6.07) is 15.8. The molecule has 5 nitrogen and oxygen atoms in total. The van der Waals surface area contributed by atoms with Crippen molar-refractivity contribution in [2.45, 2.75) is 0 Å². The van der Waals surface area contributed by atoms with Crippen LogP contribution >= 0.6 is 0 Å². The van der Waals surface area contributed by atoms with Gasteiger partial charge in [-0.2, -0.15) is 0 Å². The fourth-order valence-electron chi connectivity index (χ4n) is 1.57. The number of hydrogen-bond donors (Lipinski definition) is 2. The van der Waals surface area contributed by atoms with E-state index in [0.717, 1.165) is 22.1 Å². The Kier molecular flexibility index (Phi) is 3.33. The molecule has 0 radical (unpaired) electrons. The van der Waals surface area contributed by atoms with Crippen molar-refractivity contribution in [1.29, 1.82) is 0 Å². The van der Waals surface area contributed by atoms with Gasteiger partial charge >= 0.3 is 6.16 Å². The molecule has 5 heteroatoms. The highest BCUT2D eigenvalue weighted by molar-refractivity contribution is 5.85. The lowest BCUT2D eigenvalue weighted by Gasteiger charge is -1.98. The molecule has 3 rings (SSSR count). The fourth-order valence-corrected chi connectivity index (χ4v) is 1.57. The van der Waals surface area contributed by atoms with Crippen LogP contribution in [0.2, 0.25) is 0 Å². The third-order valence-corrected chi connectivity index (χ3v) is 2.25. The standard InChI is InChI=1S/C12H8N2.CH2O3/c1-2-6-10-9(5-1)13-11-7-3-4-8-12(11)14-10;2-1(3)4/h1-8H;(H2,2,3,4). The van der Waals surface area contributed by atoms with E-state index >= 15 is 0 Å². The van der Waals surface area contributed by atoms with Crippen LogP contribution < -0.4 is 0 Å². The molecule has 0 spiro atoms. The van der Waals surface area contributed by atoms with Crippen molar-refractivity contribution in [3.05, 3.63) is 48.5 Å². The van der Waals surface area contributed by atoms with Crippen molar-refractivity contribution >= 4 is 28.2 Å². The SMILES string of the molecule is O=C(O)O.c1ccc2nc3ccccc3nc2c1. The molecular weight excluding hydrogens is 232 g/mol. The van der Waals surface area contributed by atoms with Crippen molar-refractivity contribution < 1.29 is 15.0 Å². The largest absolute Gasteiger partial charge is 0.503 e. The average molecular weight is 242 g/mol. The van der Waals surface area contributed by atoms with Gasteiger partial charge in [0.05, 0.1) is 22.1 Å². The number of carboxylic acid groups (broad SMARTS) is 2. The predicted octanol–water partition coefficient (Wildman–Crippen LogP) is 3.01. The molecule has 0 atom stereocenters. The second-order valence-electron chi connectivity index (χ2n) is 3.48. The summed E-state index contributed by atoms with van der Waals surface area (Å²) in [6.45, 7) is 0. The summed E-state index contributed by atoms with van der Waals surface area (Å²) in [5.74, 6) is 0. The van der Waals surface area contributed by atoms with E-state index in [1.54, 1.807) is 0 Å². The molecule has 18 heavy (non-hydrogen) atoms. The third kappa shape index (κ3) is 2.70. The first-order valence-corrected chi connectivity index (χ1v) is 5.20. The van der Waals surface area contributed by atoms with Crippen LogP contribution in [-0.2, 0) is 0 Å². The zero-order chi connectivity index (χ0) is 13.0. The Hall–Kier alpha value is -2.69. The van der Waals surface area contributed by atoms with Crippen LogP contribution in [0.4, 0.5) is 4.79 Å². The van der Waals surface area contributed by atoms with Gasteiger partial charge in [0.15, 0.2) is 0 Å². The van der Waals surface area contributed by atoms with E-state index in [-0.39, 0.29) is 0 Å². The van der Waals surface area contributed by atoms with Gasteiger partial charge in [-0.3, -0.25) is 0 Å². The summed E-state index contributed by atoms with van der Waals surface area (Å²) in [6.07, 6.45) is -1.83. The van der Waals surface area contributed by atoms with Crippen LogP contribution in [0.25, 0.3) is 22.1 Å². The Labute approximate surface area is 102 Å². The summed E-state index contributed by atoms with van der Waals surface area (Å²) in [5.41, 5.74) is 3.80. The van der Waals surface area contributed by atoms with Crippen LogP contribution in [0.3, 0.4) is 0 Å². The van der Waals surface area contributed by atoms with Crippen molar-refractivity contribution in [2.24, 2.45) is 0 Å². The minimum Gasteiger partial charge on any atom is -0.450 e. The van der Waals surface area contributed by atoms with Gasteiger partial charge in [-0.05, 0) is 24.3 Å². The summed E-state index contributed by atoms with van der Waals surface area (Å²) in [5, 5.41) is 13.9. The van der Waals surface area contributed by atoms with Gasteiger partial charge in [0.2, 0.25) is 0 Å². The number of para-hydroxylation sites is 4.